The van der Waals surface area contributed by atoms with Crippen LogP contribution in [0.4, 0.5) is 0 Å². The van der Waals surface area contributed by atoms with Gasteiger partial charge in [-0.25, -0.2) is 9.97 Å². The summed E-state index contributed by atoms with van der Waals surface area (Å²) in [5.41, 5.74) is 5.12. The maximum absolute atomic E-state index is 9.42. The van der Waals surface area contributed by atoms with Crippen molar-refractivity contribution in [2.24, 2.45) is 0 Å². The fourth-order valence-electron chi connectivity index (χ4n) is 3.65. The Hall–Kier alpha value is -3.22. The van der Waals surface area contributed by atoms with Crippen LogP contribution in [0.5, 0.6) is 5.88 Å². The third-order valence-electron chi connectivity index (χ3n) is 5.21. The minimum Gasteiger partial charge on any atom is -0.470 e. The zero-order valence-electron chi connectivity index (χ0n) is 16.0. The second kappa shape index (κ2) is 7.66. The third-order valence-corrected chi connectivity index (χ3v) is 5.21. The molecule has 0 saturated carbocycles. The Labute approximate surface area is 169 Å². The van der Waals surface area contributed by atoms with Gasteiger partial charge in [0.1, 0.15) is 6.61 Å². The molecule has 1 saturated heterocycles. The summed E-state index contributed by atoms with van der Waals surface area (Å²) >= 11 is 0. The maximum atomic E-state index is 9.42. The number of aliphatic hydroxyl groups excluding tert-OH is 1. The van der Waals surface area contributed by atoms with Gasteiger partial charge >= 0.3 is 0 Å². The van der Waals surface area contributed by atoms with Crippen LogP contribution < -0.4 is 4.74 Å². The van der Waals surface area contributed by atoms with Crippen molar-refractivity contribution >= 4 is 5.65 Å². The Kier molecular flexibility index (Phi) is 4.71. The molecule has 2 aromatic carbocycles. The number of hydrogen-bond donors (Lipinski definition) is 1. The lowest BCUT2D eigenvalue weighted by atomic mass is 10.1. The number of ether oxygens (including phenoxy) is 1. The molecule has 29 heavy (non-hydrogen) atoms. The fraction of sp³-hybridized carbons (Fsp3) is 0.217. The quantitative estimate of drug-likeness (QED) is 0.552. The van der Waals surface area contributed by atoms with E-state index in [1.165, 1.54) is 5.56 Å². The predicted octanol–water partition coefficient (Wildman–Crippen LogP) is 3.15. The van der Waals surface area contributed by atoms with E-state index in [2.05, 4.69) is 39.1 Å². The van der Waals surface area contributed by atoms with E-state index >= 15 is 0 Å². The molecule has 4 aromatic rings. The highest BCUT2D eigenvalue weighted by atomic mass is 16.5. The fourth-order valence-corrected chi connectivity index (χ4v) is 3.65. The van der Waals surface area contributed by atoms with Gasteiger partial charge in [-0.15, -0.1) is 0 Å². The summed E-state index contributed by atoms with van der Waals surface area (Å²) in [4.78, 5) is 11.1. The van der Waals surface area contributed by atoms with Crippen molar-refractivity contribution in [3.05, 3.63) is 84.3 Å². The highest BCUT2D eigenvalue weighted by Gasteiger charge is 2.23. The molecule has 0 unspecified atom stereocenters. The molecule has 0 aliphatic carbocycles. The van der Waals surface area contributed by atoms with E-state index in [0.717, 1.165) is 36.5 Å². The second-order valence-electron chi connectivity index (χ2n) is 7.39. The molecule has 2 aromatic heterocycles. The molecule has 0 bridgehead atoms. The van der Waals surface area contributed by atoms with E-state index < -0.39 is 0 Å². The molecule has 3 heterocycles. The SMILES string of the molecule is OC1CN(Cc2ccc(-c3cnc4c(OCc5ccccc5)nccn34)cc2)C1. The van der Waals surface area contributed by atoms with Gasteiger partial charge in [0, 0.05) is 37.6 Å². The highest BCUT2D eigenvalue weighted by molar-refractivity contribution is 5.66. The van der Waals surface area contributed by atoms with Gasteiger partial charge in [0.15, 0.2) is 0 Å². The van der Waals surface area contributed by atoms with Crippen molar-refractivity contribution in [1.29, 1.82) is 0 Å². The lowest BCUT2D eigenvalue weighted by Gasteiger charge is -2.35. The summed E-state index contributed by atoms with van der Waals surface area (Å²) < 4.78 is 7.93. The summed E-state index contributed by atoms with van der Waals surface area (Å²) in [5, 5.41) is 9.42. The maximum Gasteiger partial charge on any atom is 0.258 e. The average molecular weight is 386 g/mol. The normalized spacial score (nSPS) is 14.8. The Morgan fingerprint density at radius 1 is 0.966 bits per heavy atom. The van der Waals surface area contributed by atoms with E-state index in [0.29, 0.717) is 18.1 Å². The number of nitrogens with zero attached hydrogens (tertiary/aromatic N) is 4. The van der Waals surface area contributed by atoms with E-state index in [9.17, 15) is 5.11 Å². The zero-order valence-corrected chi connectivity index (χ0v) is 16.0. The smallest absolute Gasteiger partial charge is 0.258 e. The number of aromatic nitrogens is 3. The lowest BCUT2D eigenvalue weighted by molar-refractivity contribution is -0.00286. The van der Waals surface area contributed by atoms with Crippen LogP contribution in [0, 0.1) is 0 Å². The minimum absolute atomic E-state index is 0.167. The van der Waals surface area contributed by atoms with Crippen molar-refractivity contribution < 1.29 is 9.84 Å². The Balaban J connectivity index is 1.35. The molecular weight excluding hydrogens is 364 g/mol. The molecule has 5 rings (SSSR count). The van der Waals surface area contributed by atoms with Gasteiger partial charge in [-0.1, -0.05) is 54.6 Å². The Bertz CT molecular complexity index is 1100. The first-order chi connectivity index (χ1) is 14.3. The number of hydrogen-bond acceptors (Lipinski definition) is 5. The van der Waals surface area contributed by atoms with Crippen molar-refractivity contribution in [3.8, 4) is 17.1 Å². The van der Waals surface area contributed by atoms with Crippen LogP contribution in [-0.2, 0) is 13.2 Å². The molecule has 0 radical (unpaired) electrons. The van der Waals surface area contributed by atoms with Crippen LogP contribution in [0.15, 0.2) is 73.2 Å². The largest absolute Gasteiger partial charge is 0.470 e. The van der Waals surface area contributed by atoms with Crippen LogP contribution in [0.2, 0.25) is 0 Å². The average Bonchev–Trinajstić information content (AvgIpc) is 3.17. The van der Waals surface area contributed by atoms with Crippen LogP contribution in [0.3, 0.4) is 0 Å². The minimum atomic E-state index is -0.167. The molecule has 0 spiro atoms. The van der Waals surface area contributed by atoms with Crippen LogP contribution in [-0.4, -0.2) is 43.6 Å². The topological polar surface area (TPSA) is 62.9 Å². The summed E-state index contributed by atoms with van der Waals surface area (Å²) in [6.07, 6.45) is 5.33. The number of β-amino-alcohol motifs (C(OH)–C–C–N with tert-alkyl or cyclic N) is 1. The van der Waals surface area contributed by atoms with Gasteiger partial charge in [0.25, 0.3) is 5.88 Å². The number of likely N-dealkylation sites (tertiary alicyclic amines) is 1. The first-order valence-electron chi connectivity index (χ1n) is 9.75. The van der Waals surface area contributed by atoms with Gasteiger partial charge in [0.05, 0.1) is 18.0 Å². The number of aliphatic hydroxyl groups is 1. The van der Waals surface area contributed by atoms with E-state index in [-0.39, 0.29) is 6.10 Å². The van der Waals surface area contributed by atoms with E-state index in [1.807, 2.05) is 47.1 Å². The Morgan fingerprint density at radius 2 is 1.76 bits per heavy atom. The molecule has 6 nitrogen and oxygen atoms in total. The Morgan fingerprint density at radius 3 is 2.52 bits per heavy atom. The molecule has 1 aliphatic heterocycles. The first kappa shape index (κ1) is 17.8. The van der Waals surface area contributed by atoms with Gasteiger partial charge < -0.3 is 9.84 Å². The molecule has 0 atom stereocenters. The number of benzene rings is 2. The van der Waals surface area contributed by atoms with Gasteiger partial charge in [-0.2, -0.15) is 0 Å². The standard InChI is InChI=1S/C23H22N4O2/c28-20-14-26(15-20)13-17-6-8-19(9-7-17)21-12-25-22-23(24-10-11-27(21)22)29-16-18-4-2-1-3-5-18/h1-12,20,28H,13-16H2. The van der Waals surface area contributed by atoms with Crippen LogP contribution >= 0.6 is 0 Å². The molecule has 146 valence electrons. The van der Waals surface area contributed by atoms with E-state index in [4.69, 9.17) is 4.74 Å². The van der Waals surface area contributed by atoms with Crippen LogP contribution in [0.1, 0.15) is 11.1 Å². The monoisotopic (exact) mass is 386 g/mol. The van der Waals surface area contributed by atoms with Crippen molar-refractivity contribution in [2.75, 3.05) is 13.1 Å². The zero-order chi connectivity index (χ0) is 19.6. The molecule has 1 fully saturated rings. The number of rotatable bonds is 6. The summed E-state index contributed by atoms with van der Waals surface area (Å²) in [6.45, 7) is 2.84. The second-order valence-corrected chi connectivity index (χ2v) is 7.39. The highest BCUT2D eigenvalue weighted by Crippen LogP contribution is 2.25. The lowest BCUT2D eigenvalue weighted by Crippen LogP contribution is -2.49. The number of fused-ring (bicyclic) bond motifs is 1. The summed E-state index contributed by atoms with van der Waals surface area (Å²) in [5.74, 6) is 0.524. The predicted molar refractivity (Wildman–Crippen MR) is 110 cm³/mol. The summed E-state index contributed by atoms with van der Waals surface area (Å²) in [7, 11) is 0. The molecule has 1 aliphatic rings. The number of imidazole rings is 1. The van der Waals surface area contributed by atoms with Crippen LogP contribution in [0.25, 0.3) is 16.9 Å². The summed E-state index contributed by atoms with van der Waals surface area (Å²) in [6, 6.07) is 18.5. The van der Waals surface area contributed by atoms with Crippen molar-refractivity contribution in [1.82, 2.24) is 19.3 Å². The van der Waals surface area contributed by atoms with Gasteiger partial charge in [-0.3, -0.25) is 9.30 Å². The van der Waals surface area contributed by atoms with Gasteiger partial charge in [-0.05, 0) is 11.1 Å². The van der Waals surface area contributed by atoms with E-state index in [1.54, 1.807) is 6.20 Å². The molecular formula is C23H22N4O2. The molecule has 0 amide bonds. The third kappa shape index (κ3) is 3.72. The first-order valence-corrected chi connectivity index (χ1v) is 9.75. The van der Waals surface area contributed by atoms with Crippen molar-refractivity contribution in [2.45, 2.75) is 19.3 Å². The molecule has 1 N–H and O–H groups in total. The van der Waals surface area contributed by atoms with Gasteiger partial charge in [0.2, 0.25) is 5.65 Å². The molecule has 6 heteroatoms. The van der Waals surface area contributed by atoms with Crippen molar-refractivity contribution in [3.63, 3.8) is 0 Å².